The number of nitrogens with zero attached hydrogens (tertiary/aromatic N) is 2. The summed E-state index contributed by atoms with van der Waals surface area (Å²) in [4.78, 5) is 28.0. The average Bonchev–Trinajstić information content (AvgIpc) is 2.52. The van der Waals surface area contributed by atoms with Gasteiger partial charge in [0.25, 0.3) is 5.91 Å². The maximum atomic E-state index is 12.9. The van der Waals surface area contributed by atoms with Gasteiger partial charge in [-0.15, -0.1) is 0 Å². The Kier molecular flexibility index (Phi) is 3.55. The van der Waals surface area contributed by atoms with E-state index < -0.39 is 6.03 Å². The summed E-state index contributed by atoms with van der Waals surface area (Å²) in [5.74, 6) is 0.172. The van der Waals surface area contributed by atoms with Crippen LogP contribution >= 0.6 is 0 Å². The number of carbonyl (C=O) groups excluding carboxylic acids is 2. The Hall–Kier alpha value is -2.82. The molecule has 22 heavy (non-hydrogen) atoms. The molecule has 0 aliphatic carbocycles. The van der Waals surface area contributed by atoms with Crippen LogP contribution in [0.15, 0.2) is 48.5 Å². The van der Waals surface area contributed by atoms with Crippen LogP contribution in [0.5, 0.6) is 5.75 Å². The Morgan fingerprint density at radius 1 is 1.09 bits per heavy atom. The lowest BCUT2D eigenvalue weighted by molar-refractivity contribution is 0.0983. The predicted octanol–water partition coefficient (Wildman–Crippen LogP) is 2.91. The first-order valence-corrected chi connectivity index (χ1v) is 6.95. The largest absolute Gasteiger partial charge is 0.487 e. The van der Waals surface area contributed by atoms with E-state index in [0.717, 1.165) is 10.5 Å². The van der Waals surface area contributed by atoms with Crippen molar-refractivity contribution in [1.29, 1.82) is 0 Å². The summed E-state index contributed by atoms with van der Waals surface area (Å²) >= 11 is 0. The number of rotatable bonds is 0. The fraction of sp³-hybridized carbons (Fsp3) is 0.176. The molecule has 5 nitrogen and oxygen atoms in total. The predicted molar refractivity (Wildman–Crippen MR) is 83.1 cm³/mol. The fourth-order valence-electron chi connectivity index (χ4n) is 2.39. The second kappa shape index (κ2) is 5.52. The lowest BCUT2D eigenvalue weighted by atomic mass is 10.1. The molecular formula is C17H16N2O3. The van der Waals surface area contributed by atoms with Gasteiger partial charge in [-0.3, -0.25) is 4.79 Å². The Balaban J connectivity index is 2.19. The van der Waals surface area contributed by atoms with Crippen LogP contribution in [0.1, 0.15) is 15.9 Å². The third-order valence-electron chi connectivity index (χ3n) is 3.51. The first-order chi connectivity index (χ1) is 10.6. The maximum absolute atomic E-state index is 12.9. The van der Waals surface area contributed by atoms with Gasteiger partial charge >= 0.3 is 6.03 Å². The van der Waals surface area contributed by atoms with Crippen molar-refractivity contribution < 1.29 is 14.3 Å². The van der Waals surface area contributed by atoms with Gasteiger partial charge in [-0.1, -0.05) is 30.3 Å². The van der Waals surface area contributed by atoms with Gasteiger partial charge in [-0.05, 0) is 18.2 Å². The summed E-state index contributed by atoms with van der Waals surface area (Å²) in [5, 5.41) is 0. The molecule has 0 atom stereocenters. The van der Waals surface area contributed by atoms with E-state index in [4.69, 9.17) is 4.74 Å². The molecule has 0 radical (unpaired) electrons. The maximum Gasteiger partial charge on any atom is 0.331 e. The first kappa shape index (κ1) is 14.1. The molecule has 3 amide bonds. The van der Waals surface area contributed by atoms with E-state index in [1.54, 1.807) is 44.4 Å². The summed E-state index contributed by atoms with van der Waals surface area (Å²) < 4.78 is 5.80. The highest BCUT2D eigenvalue weighted by atomic mass is 16.5. The minimum atomic E-state index is -0.405. The van der Waals surface area contributed by atoms with Crippen molar-refractivity contribution in [2.24, 2.45) is 0 Å². The summed E-state index contributed by atoms with van der Waals surface area (Å²) in [6.07, 6.45) is 0. The van der Waals surface area contributed by atoms with Crippen LogP contribution in [0.2, 0.25) is 0 Å². The van der Waals surface area contributed by atoms with Crippen LogP contribution in [0.3, 0.4) is 0 Å². The Morgan fingerprint density at radius 2 is 1.77 bits per heavy atom. The fourth-order valence-corrected chi connectivity index (χ4v) is 2.39. The highest BCUT2D eigenvalue weighted by Gasteiger charge is 2.31. The Labute approximate surface area is 128 Å². The smallest absolute Gasteiger partial charge is 0.331 e. The minimum Gasteiger partial charge on any atom is -0.487 e. The van der Waals surface area contributed by atoms with Crippen molar-refractivity contribution in [2.45, 2.75) is 6.61 Å². The molecule has 3 rings (SSSR count). The molecule has 5 heteroatoms. The van der Waals surface area contributed by atoms with Crippen molar-refractivity contribution in [3.8, 4) is 5.75 Å². The number of amides is 3. The van der Waals surface area contributed by atoms with Gasteiger partial charge in [-0.25, -0.2) is 9.69 Å². The number of hydrogen-bond donors (Lipinski definition) is 0. The summed E-state index contributed by atoms with van der Waals surface area (Å²) in [5.41, 5.74) is 1.70. The van der Waals surface area contributed by atoms with Gasteiger partial charge in [0.1, 0.15) is 12.4 Å². The van der Waals surface area contributed by atoms with Gasteiger partial charge in [-0.2, -0.15) is 0 Å². The molecule has 2 aromatic carbocycles. The van der Waals surface area contributed by atoms with Gasteiger partial charge < -0.3 is 9.64 Å². The van der Waals surface area contributed by atoms with E-state index in [1.165, 1.54) is 4.90 Å². The van der Waals surface area contributed by atoms with E-state index >= 15 is 0 Å². The molecule has 0 saturated carbocycles. The number of ether oxygens (including phenoxy) is 1. The SMILES string of the molecule is CN(C)C(=O)N1C(=O)c2ccccc2COc2ccccc21. The number of imide groups is 1. The molecule has 0 saturated heterocycles. The van der Waals surface area contributed by atoms with E-state index in [1.807, 2.05) is 18.2 Å². The quantitative estimate of drug-likeness (QED) is 0.751. The molecular weight excluding hydrogens is 280 g/mol. The lowest BCUT2D eigenvalue weighted by Crippen LogP contribution is -2.44. The molecule has 1 aliphatic rings. The zero-order valence-electron chi connectivity index (χ0n) is 12.4. The Bertz CT molecular complexity index is 740. The van der Waals surface area contributed by atoms with Crippen LogP contribution in [-0.2, 0) is 6.61 Å². The number of hydrogen-bond acceptors (Lipinski definition) is 3. The van der Waals surface area contributed by atoms with Gasteiger partial charge in [0.05, 0.1) is 5.69 Å². The van der Waals surface area contributed by atoms with Crippen LogP contribution in [-0.4, -0.2) is 30.9 Å². The van der Waals surface area contributed by atoms with E-state index in [-0.39, 0.29) is 5.91 Å². The van der Waals surface area contributed by atoms with Crippen molar-refractivity contribution in [2.75, 3.05) is 19.0 Å². The number of anilines is 1. The van der Waals surface area contributed by atoms with Gasteiger partial charge in [0, 0.05) is 25.2 Å². The third kappa shape index (κ3) is 2.30. The molecule has 0 unspecified atom stereocenters. The average molecular weight is 296 g/mol. The number of urea groups is 1. The zero-order chi connectivity index (χ0) is 15.7. The van der Waals surface area contributed by atoms with Crippen LogP contribution in [0.25, 0.3) is 0 Å². The van der Waals surface area contributed by atoms with Crippen molar-refractivity contribution in [3.63, 3.8) is 0 Å². The first-order valence-electron chi connectivity index (χ1n) is 6.95. The molecule has 0 bridgehead atoms. The highest BCUT2D eigenvalue weighted by Crippen LogP contribution is 2.33. The molecule has 0 N–H and O–H groups in total. The number of benzene rings is 2. The number of para-hydroxylation sites is 2. The van der Waals surface area contributed by atoms with E-state index in [0.29, 0.717) is 23.6 Å². The molecule has 2 aromatic rings. The topological polar surface area (TPSA) is 49.9 Å². The number of carbonyl (C=O) groups is 2. The normalized spacial score (nSPS) is 13.4. The molecule has 0 fully saturated rings. The summed E-state index contributed by atoms with van der Waals surface area (Å²) in [6, 6.07) is 13.8. The Morgan fingerprint density at radius 3 is 2.55 bits per heavy atom. The number of fused-ring (bicyclic) bond motifs is 2. The zero-order valence-corrected chi connectivity index (χ0v) is 12.4. The molecule has 112 valence electrons. The molecule has 1 heterocycles. The summed E-state index contributed by atoms with van der Waals surface area (Å²) in [7, 11) is 3.23. The van der Waals surface area contributed by atoms with Crippen LogP contribution in [0.4, 0.5) is 10.5 Å². The van der Waals surface area contributed by atoms with E-state index in [9.17, 15) is 9.59 Å². The molecule has 0 spiro atoms. The van der Waals surface area contributed by atoms with Crippen molar-refractivity contribution >= 4 is 17.6 Å². The lowest BCUT2D eigenvalue weighted by Gasteiger charge is -2.28. The molecule has 1 aliphatic heterocycles. The summed E-state index contributed by atoms with van der Waals surface area (Å²) in [6.45, 7) is 0.295. The van der Waals surface area contributed by atoms with E-state index in [2.05, 4.69) is 0 Å². The van der Waals surface area contributed by atoms with Crippen LogP contribution < -0.4 is 9.64 Å². The molecule has 0 aromatic heterocycles. The van der Waals surface area contributed by atoms with Crippen molar-refractivity contribution in [1.82, 2.24) is 4.90 Å². The van der Waals surface area contributed by atoms with Crippen LogP contribution in [0, 0.1) is 0 Å². The van der Waals surface area contributed by atoms with Crippen molar-refractivity contribution in [3.05, 3.63) is 59.7 Å². The third-order valence-corrected chi connectivity index (χ3v) is 3.51. The second-order valence-corrected chi connectivity index (χ2v) is 5.23. The second-order valence-electron chi connectivity index (χ2n) is 5.23. The standard InChI is InChI=1S/C17H16N2O3/c1-18(2)17(21)19-14-9-5-6-10-15(14)22-11-12-7-3-4-8-13(12)16(19)20/h3-10H,11H2,1-2H3. The van der Waals surface area contributed by atoms with Gasteiger partial charge in [0.2, 0.25) is 0 Å². The highest BCUT2D eigenvalue weighted by molar-refractivity contribution is 6.21. The monoisotopic (exact) mass is 296 g/mol. The minimum absolute atomic E-state index is 0.295. The van der Waals surface area contributed by atoms with Gasteiger partial charge in [0.15, 0.2) is 0 Å².